The third-order valence-electron chi connectivity index (χ3n) is 3.70. The predicted molar refractivity (Wildman–Crippen MR) is 87.4 cm³/mol. The quantitative estimate of drug-likeness (QED) is 0.727. The number of carbonyl (C=O) groups is 1. The highest BCUT2D eigenvalue weighted by molar-refractivity contribution is 5.78. The number of imidazole rings is 1. The first kappa shape index (κ1) is 15.9. The van der Waals surface area contributed by atoms with Crippen LogP contribution >= 0.6 is 0 Å². The van der Waals surface area contributed by atoms with Gasteiger partial charge in [0.15, 0.2) is 11.4 Å². The van der Waals surface area contributed by atoms with Crippen LogP contribution < -0.4 is 0 Å². The summed E-state index contributed by atoms with van der Waals surface area (Å²) in [6.45, 7) is 3.88. The topological polar surface area (TPSA) is 67.9 Å². The molecule has 1 aromatic carbocycles. The average Bonchev–Trinajstić information content (AvgIpc) is 3.02. The molecular weight excluding hydrogens is 309 g/mol. The first-order valence-electron chi connectivity index (χ1n) is 7.39. The first-order valence-corrected chi connectivity index (χ1v) is 7.39. The number of rotatable bonds is 5. The van der Waals surface area contributed by atoms with Gasteiger partial charge in [0.2, 0.25) is 0 Å². The molecule has 0 saturated heterocycles. The van der Waals surface area contributed by atoms with Crippen LogP contribution in [0.5, 0.6) is 0 Å². The van der Waals surface area contributed by atoms with Gasteiger partial charge in [0.1, 0.15) is 5.82 Å². The zero-order valence-electron chi connectivity index (χ0n) is 13.3. The van der Waals surface area contributed by atoms with Crippen LogP contribution in [-0.4, -0.2) is 21.4 Å². The van der Waals surface area contributed by atoms with Gasteiger partial charge in [-0.2, -0.15) is 0 Å². The lowest BCUT2D eigenvalue weighted by Crippen LogP contribution is -2.22. The van der Waals surface area contributed by atoms with Crippen LogP contribution in [0, 0.1) is 5.82 Å². The van der Waals surface area contributed by atoms with E-state index >= 15 is 0 Å². The number of halogens is 1. The Morgan fingerprint density at radius 2 is 1.75 bits per heavy atom. The van der Waals surface area contributed by atoms with Crippen molar-refractivity contribution in [3.8, 4) is 22.5 Å². The number of H-pyrrole nitrogens is 1. The highest BCUT2D eigenvalue weighted by Crippen LogP contribution is 2.33. The highest BCUT2D eigenvalue weighted by atomic mass is 19.1. The Hall–Kier alpha value is -3.02. The maximum Gasteiger partial charge on any atom is 0.294 e. The number of aromatic amines is 1. The zero-order valence-corrected chi connectivity index (χ0v) is 13.3. The van der Waals surface area contributed by atoms with Gasteiger partial charge in [0.25, 0.3) is 6.47 Å². The number of hydrogen-bond acceptors (Lipinski definition) is 4. The molecule has 6 heteroatoms. The molecule has 0 aliphatic carbocycles. The van der Waals surface area contributed by atoms with E-state index < -0.39 is 5.60 Å². The molecule has 5 nitrogen and oxygen atoms in total. The van der Waals surface area contributed by atoms with Crippen molar-refractivity contribution in [1.29, 1.82) is 0 Å². The van der Waals surface area contributed by atoms with Gasteiger partial charge in [0.05, 0.1) is 11.4 Å². The van der Waals surface area contributed by atoms with E-state index in [0.29, 0.717) is 18.0 Å². The molecule has 0 unspecified atom stereocenters. The lowest BCUT2D eigenvalue weighted by Gasteiger charge is -2.19. The lowest BCUT2D eigenvalue weighted by atomic mass is 10.1. The number of pyridine rings is 1. The van der Waals surface area contributed by atoms with Crippen LogP contribution in [0.15, 0.2) is 48.8 Å². The molecule has 122 valence electrons. The van der Waals surface area contributed by atoms with E-state index in [1.165, 1.54) is 12.1 Å². The van der Waals surface area contributed by atoms with E-state index in [1.807, 2.05) is 12.1 Å². The Morgan fingerprint density at radius 3 is 2.38 bits per heavy atom. The summed E-state index contributed by atoms with van der Waals surface area (Å²) in [5.74, 6) is 0.185. The summed E-state index contributed by atoms with van der Waals surface area (Å²) in [4.78, 5) is 22.6. The number of carbonyl (C=O) groups excluding carboxylic acids is 1. The maximum absolute atomic E-state index is 13.2. The molecular formula is C18H16FN3O2. The van der Waals surface area contributed by atoms with E-state index in [-0.39, 0.29) is 5.82 Å². The van der Waals surface area contributed by atoms with Crippen LogP contribution in [0.25, 0.3) is 22.5 Å². The van der Waals surface area contributed by atoms with Crippen molar-refractivity contribution in [3.63, 3.8) is 0 Å². The standard InChI is InChI=1S/C18H16FN3O2/c1-18(2,24-11-23)17-21-15(12-3-5-14(19)6-4-12)16(22-17)13-7-9-20-10-8-13/h3-11H,1-2H3,(H,21,22). The Kier molecular flexibility index (Phi) is 4.12. The van der Waals surface area contributed by atoms with Gasteiger partial charge in [0, 0.05) is 23.5 Å². The molecule has 3 rings (SSSR count). The van der Waals surface area contributed by atoms with E-state index in [0.717, 1.165) is 16.8 Å². The van der Waals surface area contributed by atoms with Crippen molar-refractivity contribution in [3.05, 3.63) is 60.4 Å². The molecule has 3 aromatic rings. The summed E-state index contributed by atoms with van der Waals surface area (Å²) >= 11 is 0. The van der Waals surface area contributed by atoms with Gasteiger partial charge in [-0.15, -0.1) is 0 Å². The Balaban J connectivity index is 2.17. The molecule has 2 aromatic heterocycles. The summed E-state index contributed by atoms with van der Waals surface area (Å²) in [5.41, 5.74) is 2.12. The number of nitrogens with one attached hydrogen (secondary N) is 1. The predicted octanol–water partition coefficient (Wildman–Crippen LogP) is 3.69. The van der Waals surface area contributed by atoms with Crippen LogP contribution in [0.3, 0.4) is 0 Å². The lowest BCUT2D eigenvalue weighted by molar-refractivity contribution is -0.141. The maximum atomic E-state index is 13.2. The van der Waals surface area contributed by atoms with Crippen molar-refractivity contribution in [2.24, 2.45) is 0 Å². The smallest absolute Gasteiger partial charge is 0.294 e. The molecule has 0 aliphatic heterocycles. The third-order valence-corrected chi connectivity index (χ3v) is 3.70. The van der Waals surface area contributed by atoms with Crippen LogP contribution in [0.2, 0.25) is 0 Å². The minimum Gasteiger partial charge on any atom is -0.454 e. The number of benzene rings is 1. The number of aromatic nitrogens is 3. The second-order valence-electron chi connectivity index (χ2n) is 5.78. The van der Waals surface area contributed by atoms with Gasteiger partial charge in [-0.25, -0.2) is 9.37 Å². The average molecular weight is 325 g/mol. The molecule has 0 fully saturated rings. The van der Waals surface area contributed by atoms with Gasteiger partial charge >= 0.3 is 0 Å². The molecule has 0 amide bonds. The Labute approximate surface area is 138 Å². The van der Waals surface area contributed by atoms with Crippen molar-refractivity contribution in [2.45, 2.75) is 19.4 Å². The summed E-state index contributed by atoms with van der Waals surface area (Å²) < 4.78 is 18.4. The second kappa shape index (κ2) is 6.23. The number of ether oxygens (including phenoxy) is 1. The number of hydrogen-bond donors (Lipinski definition) is 1. The fourth-order valence-electron chi connectivity index (χ4n) is 2.38. The summed E-state index contributed by atoms with van der Waals surface area (Å²) in [6.07, 6.45) is 3.36. The fraction of sp³-hybridized carbons (Fsp3) is 0.167. The van der Waals surface area contributed by atoms with Crippen molar-refractivity contribution in [2.75, 3.05) is 0 Å². The summed E-state index contributed by atoms with van der Waals surface area (Å²) in [6, 6.07) is 9.77. The molecule has 2 heterocycles. The van der Waals surface area contributed by atoms with Crippen molar-refractivity contribution < 1.29 is 13.9 Å². The van der Waals surface area contributed by atoms with Crippen LogP contribution in [0.1, 0.15) is 19.7 Å². The summed E-state index contributed by atoms with van der Waals surface area (Å²) in [5, 5.41) is 0. The second-order valence-corrected chi connectivity index (χ2v) is 5.78. The van der Waals surface area contributed by atoms with E-state index in [9.17, 15) is 9.18 Å². The third kappa shape index (κ3) is 3.03. The molecule has 0 bridgehead atoms. The van der Waals surface area contributed by atoms with Crippen molar-refractivity contribution >= 4 is 6.47 Å². The molecule has 0 aliphatic rings. The minimum absolute atomic E-state index is 0.315. The van der Waals surface area contributed by atoms with Crippen molar-refractivity contribution in [1.82, 2.24) is 15.0 Å². The normalized spacial score (nSPS) is 11.3. The highest BCUT2D eigenvalue weighted by Gasteiger charge is 2.28. The molecule has 1 N–H and O–H groups in total. The zero-order chi connectivity index (χ0) is 17.2. The Bertz CT molecular complexity index is 842. The molecule has 24 heavy (non-hydrogen) atoms. The summed E-state index contributed by atoms with van der Waals surface area (Å²) in [7, 11) is 0. The van der Waals surface area contributed by atoms with Gasteiger partial charge < -0.3 is 9.72 Å². The molecule has 0 spiro atoms. The van der Waals surface area contributed by atoms with Crippen LogP contribution in [0.4, 0.5) is 4.39 Å². The van der Waals surface area contributed by atoms with E-state index in [1.54, 1.807) is 38.4 Å². The van der Waals surface area contributed by atoms with Gasteiger partial charge in [-0.05, 0) is 50.2 Å². The molecule has 0 atom stereocenters. The minimum atomic E-state index is -0.915. The SMILES string of the molecule is CC(C)(OC=O)c1nc(-c2ccc(F)cc2)c(-c2ccncc2)[nH]1. The fourth-order valence-corrected chi connectivity index (χ4v) is 2.38. The largest absolute Gasteiger partial charge is 0.454 e. The van der Waals surface area contributed by atoms with Gasteiger partial charge in [-0.3, -0.25) is 9.78 Å². The molecule has 0 radical (unpaired) electrons. The Morgan fingerprint density at radius 1 is 1.08 bits per heavy atom. The first-order chi connectivity index (χ1) is 11.5. The van der Waals surface area contributed by atoms with E-state index in [4.69, 9.17) is 4.74 Å². The molecule has 0 saturated carbocycles. The van der Waals surface area contributed by atoms with Crippen LogP contribution in [-0.2, 0) is 15.1 Å². The van der Waals surface area contributed by atoms with E-state index in [2.05, 4.69) is 15.0 Å². The number of nitrogens with zero attached hydrogens (tertiary/aromatic N) is 2. The van der Waals surface area contributed by atoms with Gasteiger partial charge in [-0.1, -0.05) is 0 Å². The monoisotopic (exact) mass is 325 g/mol.